The van der Waals surface area contributed by atoms with Gasteiger partial charge in [-0.25, -0.2) is 0 Å². The van der Waals surface area contributed by atoms with Gasteiger partial charge in [0.2, 0.25) is 0 Å². The maximum Gasteiger partial charge on any atom is 0.265 e. The predicted molar refractivity (Wildman–Crippen MR) is 116 cm³/mol. The summed E-state index contributed by atoms with van der Waals surface area (Å²) >= 11 is 0. The summed E-state index contributed by atoms with van der Waals surface area (Å²) in [6, 6.07) is 16.2. The van der Waals surface area contributed by atoms with E-state index in [9.17, 15) is 9.59 Å². The fourth-order valence-electron chi connectivity index (χ4n) is 2.95. The van der Waals surface area contributed by atoms with E-state index in [1.165, 1.54) is 0 Å². The van der Waals surface area contributed by atoms with Gasteiger partial charge in [-0.3, -0.25) is 9.59 Å². The number of nitrogens with one attached hydrogen (secondary N) is 2. The molecule has 0 unspecified atom stereocenters. The zero-order valence-electron chi connectivity index (χ0n) is 17.4. The molecule has 0 bridgehead atoms. The number of rotatable bonds is 8. The summed E-state index contributed by atoms with van der Waals surface area (Å²) in [5, 5.41) is 5.63. The molecule has 0 radical (unpaired) electrons. The lowest BCUT2D eigenvalue weighted by Crippen LogP contribution is -2.33. The van der Waals surface area contributed by atoms with Crippen LogP contribution in [0.3, 0.4) is 0 Å². The second-order valence-corrected chi connectivity index (χ2v) is 7.06. The lowest BCUT2D eigenvalue weighted by atomic mass is 10.1. The molecule has 0 saturated heterocycles. The monoisotopic (exact) mass is 406 g/mol. The predicted octanol–water partition coefficient (Wildman–Crippen LogP) is 4.62. The van der Waals surface area contributed by atoms with Crippen molar-refractivity contribution in [3.63, 3.8) is 0 Å². The van der Waals surface area contributed by atoms with Crippen molar-refractivity contribution in [3.05, 3.63) is 83.3 Å². The van der Waals surface area contributed by atoms with E-state index in [0.717, 1.165) is 11.1 Å². The van der Waals surface area contributed by atoms with Crippen LogP contribution in [0.4, 0.5) is 5.69 Å². The Labute approximate surface area is 176 Å². The number of carbonyl (C=O) groups excluding carboxylic acids is 2. The van der Waals surface area contributed by atoms with Gasteiger partial charge in [-0.15, -0.1) is 0 Å². The first-order valence-electron chi connectivity index (χ1n) is 9.92. The highest BCUT2D eigenvalue weighted by Crippen LogP contribution is 2.20. The number of hydrogen-bond donors (Lipinski definition) is 2. The van der Waals surface area contributed by atoms with Gasteiger partial charge < -0.3 is 19.8 Å². The van der Waals surface area contributed by atoms with Crippen LogP contribution in [0.2, 0.25) is 0 Å². The number of aryl methyl sites for hydroxylation is 2. The summed E-state index contributed by atoms with van der Waals surface area (Å²) in [6.45, 7) is 6.17. The molecule has 0 aliphatic heterocycles. The third-order valence-corrected chi connectivity index (χ3v) is 4.85. The molecule has 2 N–H and O–H groups in total. The lowest BCUT2D eigenvalue weighted by molar-refractivity contribution is -0.122. The van der Waals surface area contributed by atoms with Gasteiger partial charge in [0.15, 0.2) is 6.10 Å². The van der Waals surface area contributed by atoms with E-state index in [2.05, 4.69) is 10.6 Å². The van der Waals surface area contributed by atoms with E-state index in [0.29, 0.717) is 29.2 Å². The number of amides is 2. The lowest BCUT2D eigenvalue weighted by Gasteiger charge is -2.19. The van der Waals surface area contributed by atoms with Crippen LogP contribution in [0.1, 0.15) is 40.6 Å². The van der Waals surface area contributed by atoms with Crippen LogP contribution in [0.15, 0.2) is 65.3 Å². The molecule has 0 aliphatic carbocycles. The number of benzene rings is 2. The number of furan rings is 1. The summed E-state index contributed by atoms with van der Waals surface area (Å²) < 4.78 is 11.1. The number of carbonyl (C=O) groups is 2. The number of para-hydroxylation sites is 1. The molecule has 0 spiro atoms. The average Bonchev–Trinajstić information content (AvgIpc) is 3.26. The normalized spacial score (nSPS) is 11.6. The van der Waals surface area contributed by atoms with E-state index >= 15 is 0 Å². The molecule has 1 atom stereocenters. The zero-order chi connectivity index (χ0) is 21.5. The van der Waals surface area contributed by atoms with Gasteiger partial charge in [0.05, 0.1) is 24.1 Å². The molecule has 6 heteroatoms. The van der Waals surface area contributed by atoms with Crippen LogP contribution in [0.25, 0.3) is 0 Å². The maximum absolute atomic E-state index is 12.8. The highest BCUT2D eigenvalue weighted by Gasteiger charge is 2.21. The van der Waals surface area contributed by atoms with E-state index in [-0.39, 0.29) is 18.4 Å². The highest BCUT2D eigenvalue weighted by molar-refractivity contribution is 6.04. The second-order valence-electron chi connectivity index (χ2n) is 7.06. The smallest absolute Gasteiger partial charge is 0.265 e. The first-order chi connectivity index (χ1) is 14.5. The van der Waals surface area contributed by atoms with Crippen molar-refractivity contribution in [3.8, 4) is 5.75 Å². The van der Waals surface area contributed by atoms with Gasteiger partial charge in [-0.2, -0.15) is 0 Å². The molecule has 3 rings (SSSR count). The van der Waals surface area contributed by atoms with E-state index in [1.807, 2.05) is 39.0 Å². The van der Waals surface area contributed by atoms with Crippen molar-refractivity contribution >= 4 is 17.5 Å². The Morgan fingerprint density at radius 2 is 1.83 bits per heavy atom. The fraction of sp³-hybridized carbons (Fsp3) is 0.250. The Bertz CT molecular complexity index is 1010. The quantitative estimate of drug-likeness (QED) is 0.572. The van der Waals surface area contributed by atoms with Gasteiger partial charge in [-0.1, -0.05) is 25.1 Å². The minimum absolute atomic E-state index is 0.265. The van der Waals surface area contributed by atoms with Crippen molar-refractivity contribution in [2.45, 2.75) is 39.8 Å². The van der Waals surface area contributed by atoms with Gasteiger partial charge >= 0.3 is 0 Å². The average molecular weight is 406 g/mol. The first-order valence-corrected chi connectivity index (χ1v) is 9.92. The zero-order valence-corrected chi connectivity index (χ0v) is 17.4. The SMILES string of the molecule is CC[C@H](Oc1ccc(C)c(C)c1)C(=O)Nc1ccccc1C(=O)NCc1ccco1. The molecule has 30 heavy (non-hydrogen) atoms. The van der Waals surface area contributed by atoms with Crippen LogP contribution < -0.4 is 15.4 Å². The minimum atomic E-state index is -0.675. The Morgan fingerprint density at radius 1 is 1.03 bits per heavy atom. The third kappa shape index (κ3) is 5.29. The molecule has 2 amide bonds. The van der Waals surface area contributed by atoms with Crippen LogP contribution in [0, 0.1) is 13.8 Å². The van der Waals surface area contributed by atoms with Crippen LogP contribution in [-0.2, 0) is 11.3 Å². The largest absolute Gasteiger partial charge is 0.481 e. The van der Waals surface area contributed by atoms with Gasteiger partial charge in [0.1, 0.15) is 11.5 Å². The number of hydrogen-bond acceptors (Lipinski definition) is 4. The highest BCUT2D eigenvalue weighted by atomic mass is 16.5. The van der Waals surface area contributed by atoms with Crippen LogP contribution in [-0.4, -0.2) is 17.9 Å². The van der Waals surface area contributed by atoms with E-state index in [1.54, 1.807) is 42.7 Å². The summed E-state index contributed by atoms with van der Waals surface area (Å²) in [5.41, 5.74) is 3.07. The standard InChI is InChI=1S/C24H26N2O4/c1-4-22(30-18-12-11-16(2)17(3)14-18)24(28)26-21-10-6-5-9-20(21)23(27)25-15-19-8-7-13-29-19/h5-14,22H,4,15H2,1-3H3,(H,25,27)(H,26,28)/t22-/m0/s1. The second kappa shape index (κ2) is 9.78. The molecule has 2 aromatic carbocycles. The topological polar surface area (TPSA) is 80.6 Å². The molecular formula is C24H26N2O4. The Balaban J connectivity index is 1.68. The van der Waals surface area contributed by atoms with Crippen LogP contribution >= 0.6 is 0 Å². The summed E-state index contributed by atoms with van der Waals surface area (Å²) in [4.78, 5) is 25.4. The molecule has 3 aromatic rings. The van der Waals surface area contributed by atoms with Crippen molar-refractivity contribution in [2.75, 3.05) is 5.32 Å². The van der Waals surface area contributed by atoms with E-state index in [4.69, 9.17) is 9.15 Å². The van der Waals surface area contributed by atoms with Gasteiger partial charge in [0.25, 0.3) is 11.8 Å². The molecule has 6 nitrogen and oxygen atoms in total. The van der Waals surface area contributed by atoms with Crippen LogP contribution in [0.5, 0.6) is 5.75 Å². The number of anilines is 1. The van der Waals surface area contributed by atoms with Gasteiger partial charge in [-0.05, 0) is 67.8 Å². The summed E-state index contributed by atoms with van der Waals surface area (Å²) in [6.07, 6.45) is 1.37. The van der Waals surface area contributed by atoms with Crippen molar-refractivity contribution in [1.29, 1.82) is 0 Å². The first kappa shape index (κ1) is 21.2. The molecular weight excluding hydrogens is 380 g/mol. The van der Waals surface area contributed by atoms with Gasteiger partial charge in [0, 0.05) is 0 Å². The van der Waals surface area contributed by atoms with Crippen molar-refractivity contribution in [2.24, 2.45) is 0 Å². The Kier molecular flexibility index (Phi) is 6.91. The molecule has 0 aliphatic rings. The van der Waals surface area contributed by atoms with E-state index < -0.39 is 6.10 Å². The minimum Gasteiger partial charge on any atom is -0.481 e. The Hall–Kier alpha value is -3.54. The summed E-state index contributed by atoms with van der Waals surface area (Å²) in [5.74, 6) is 0.690. The summed E-state index contributed by atoms with van der Waals surface area (Å²) in [7, 11) is 0. The number of ether oxygens (including phenoxy) is 1. The molecule has 156 valence electrons. The molecule has 1 aromatic heterocycles. The maximum atomic E-state index is 12.8. The van der Waals surface area contributed by atoms with Crippen molar-refractivity contribution < 1.29 is 18.7 Å². The molecule has 1 heterocycles. The third-order valence-electron chi connectivity index (χ3n) is 4.85. The molecule has 0 fully saturated rings. The Morgan fingerprint density at radius 3 is 2.53 bits per heavy atom. The molecule has 0 saturated carbocycles. The fourth-order valence-corrected chi connectivity index (χ4v) is 2.95. The van der Waals surface area contributed by atoms with Crippen molar-refractivity contribution in [1.82, 2.24) is 5.32 Å².